The molecule has 21 nitrogen and oxygen atoms in total. The van der Waals surface area contributed by atoms with Gasteiger partial charge < -0.3 is 88.0 Å². The van der Waals surface area contributed by atoms with E-state index in [0.29, 0.717) is 51.2 Å². The van der Waals surface area contributed by atoms with Crippen molar-refractivity contribution in [3.8, 4) is 0 Å². The van der Waals surface area contributed by atoms with Crippen LogP contribution in [0, 0.1) is 21.7 Å². The number of carbonyl (C=O) groups is 4. The van der Waals surface area contributed by atoms with Crippen LogP contribution in [0.2, 0.25) is 0 Å². The maximum atomic E-state index is 12.3. The van der Waals surface area contributed by atoms with Crippen LogP contribution in [0.3, 0.4) is 0 Å². The number of nitrogens with zero attached hydrogens (tertiary/aromatic N) is 8. The fourth-order valence-electron chi connectivity index (χ4n) is 15.4. The minimum absolute atomic E-state index is 0.0141. The van der Waals surface area contributed by atoms with Gasteiger partial charge in [-0.2, -0.15) is 0 Å². The Bertz CT molecular complexity index is 3350. The van der Waals surface area contributed by atoms with Gasteiger partial charge in [-0.15, -0.1) is 0 Å². The third-order valence-corrected chi connectivity index (χ3v) is 22.9. The molecule has 10 rings (SSSR count). The number of benzene rings is 5. The topological polar surface area (TPSA) is 267 Å². The molecule has 5 aromatic rings. The molecule has 0 atom stereocenters. The van der Waals surface area contributed by atoms with Crippen molar-refractivity contribution in [1.29, 1.82) is 0 Å². The van der Waals surface area contributed by atoms with Gasteiger partial charge in [0.05, 0.1) is 0 Å². The lowest BCUT2D eigenvalue weighted by atomic mass is 9.73. The SMILES string of the molecule is CC(C)(C)OC(=O)N1CCC(CN)(Cc2ccccc2)CC1.CC(C)(C)OC(=O)N1CCC(CN)(c2ccccc2)CC1.CN(C)CCCNC(=O)N1CCC(CN)(Cc2ccccc2)CC1.CN(C)CCN1CCC(CN)(Cc2ccccc2)CC1.CN(C)CCNC(=O)N1CCC(CN)(Cc2ccccc2)CC1. The average molecular weight is 1520 g/mol. The van der Waals surface area contributed by atoms with Crippen molar-refractivity contribution in [2.45, 2.75) is 154 Å². The third-order valence-electron chi connectivity index (χ3n) is 22.9. The molecule has 12 N–H and O–H groups in total. The third kappa shape index (κ3) is 31.8. The first kappa shape index (κ1) is 91.7. The van der Waals surface area contributed by atoms with Crippen LogP contribution in [0.1, 0.15) is 140 Å². The summed E-state index contributed by atoms with van der Waals surface area (Å²) in [6.45, 7) is 28.8. The fraction of sp³-hybridized carbons (Fsp3) is 0.618. The van der Waals surface area contributed by atoms with Gasteiger partial charge in [0.15, 0.2) is 0 Å². The van der Waals surface area contributed by atoms with E-state index in [-0.39, 0.29) is 45.9 Å². The Labute approximate surface area is 663 Å². The van der Waals surface area contributed by atoms with E-state index in [1.54, 1.807) is 4.90 Å². The van der Waals surface area contributed by atoms with Gasteiger partial charge in [-0.05, 0) is 275 Å². The minimum atomic E-state index is -0.446. The zero-order chi connectivity index (χ0) is 80.3. The summed E-state index contributed by atoms with van der Waals surface area (Å²) in [5.74, 6) is 0. The Morgan fingerprint density at radius 3 is 0.936 bits per heavy atom. The highest BCUT2D eigenvalue weighted by atomic mass is 16.6. The lowest BCUT2D eigenvalue weighted by Gasteiger charge is -2.41. The predicted octanol–water partition coefficient (Wildman–Crippen LogP) is 11.4. The number of carbonyl (C=O) groups excluding carboxylic acids is 4. The number of likely N-dealkylation sites (N-methyl/N-ethyl adjacent to an activating group) is 2. The number of amides is 6. The second-order valence-electron chi connectivity index (χ2n) is 34.8. The first-order chi connectivity index (χ1) is 52.4. The van der Waals surface area contributed by atoms with Gasteiger partial charge in [-0.3, -0.25) is 0 Å². The number of nitrogens with one attached hydrogen (secondary N) is 2. The molecule has 5 aliphatic heterocycles. The van der Waals surface area contributed by atoms with Gasteiger partial charge in [-0.1, -0.05) is 152 Å². The highest BCUT2D eigenvalue weighted by molar-refractivity contribution is 5.75. The average Bonchev–Trinajstić information content (AvgIpc) is 0.801. The van der Waals surface area contributed by atoms with Crippen LogP contribution in [0.25, 0.3) is 0 Å². The molecule has 5 aliphatic rings. The van der Waals surface area contributed by atoms with Crippen molar-refractivity contribution in [3.63, 3.8) is 0 Å². The molecule has 0 aliphatic carbocycles. The van der Waals surface area contributed by atoms with Crippen molar-refractivity contribution in [2.24, 2.45) is 50.3 Å². The molecule has 110 heavy (non-hydrogen) atoms. The molecule has 21 heteroatoms. The lowest BCUT2D eigenvalue weighted by Crippen LogP contribution is -2.50. The molecular weight excluding hydrogens is 1380 g/mol. The zero-order valence-corrected chi connectivity index (χ0v) is 69.8. The largest absolute Gasteiger partial charge is 0.444 e. The van der Waals surface area contributed by atoms with Crippen LogP contribution < -0.4 is 39.3 Å². The minimum Gasteiger partial charge on any atom is -0.444 e. The molecule has 5 saturated heterocycles. The predicted molar refractivity (Wildman–Crippen MR) is 452 cm³/mol. The van der Waals surface area contributed by atoms with Gasteiger partial charge in [0.25, 0.3) is 0 Å². The summed E-state index contributed by atoms with van der Waals surface area (Å²) < 4.78 is 10.9. The summed E-state index contributed by atoms with van der Waals surface area (Å²) in [4.78, 5) is 65.2. The Morgan fingerprint density at radius 1 is 0.364 bits per heavy atom. The summed E-state index contributed by atoms with van der Waals surface area (Å²) in [7, 11) is 12.4. The normalized spacial score (nSPS) is 18.0. The van der Waals surface area contributed by atoms with Crippen LogP contribution in [0.5, 0.6) is 0 Å². The second-order valence-corrected chi connectivity index (χ2v) is 34.8. The molecular formula is C89H145N15O6. The molecule has 0 saturated carbocycles. The first-order valence-electron chi connectivity index (χ1n) is 40.8. The highest BCUT2D eigenvalue weighted by Gasteiger charge is 2.41. The number of urea groups is 2. The number of hydrogen-bond donors (Lipinski definition) is 7. The van der Waals surface area contributed by atoms with E-state index in [0.717, 1.165) is 155 Å². The van der Waals surface area contributed by atoms with Gasteiger partial charge in [0, 0.05) is 97.0 Å². The molecule has 612 valence electrons. The monoisotopic (exact) mass is 1520 g/mol. The standard InChI is InChI=1S/C19H32N4O.C18H30N4O.C18H28N2O2.C17H29N3.C17H26N2O2/c1-22(2)12-6-11-21-18(24)23-13-9-19(16-20,10-14-23)15-17-7-4-3-5-8-17;1-21(2)13-10-20-17(23)22-11-8-18(15-19,9-12-22)14-16-6-4-3-5-7-16;1-17(2,3)22-16(21)20-11-9-18(14-19,10-12-20)13-15-7-5-4-6-8-15;1-19(2)12-13-20-10-8-17(15-18,9-11-20)14-16-6-4-3-5-7-16;1-16(2,3)21-15(20)19-11-9-17(13-18,10-12-19)14-7-5-4-6-8-14/h3-5,7-8H,6,9-16,20H2,1-2H3,(H,21,24);3-7H,8-15,19H2,1-2H3,(H,20,23);4-8H,9-14,19H2,1-3H3;3-7H,8-15,18H2,1-2H3;4-8H,9-13,18H2,1-3H3. The molecule has 0 radical (unpaired) electrons. The summed E-state index contributed by atoms with van der Waals surface area (Å²) in [5.41, 5.74) is 36.9. The van der Waals surface area contributed by atoms with Crippen molar-refractivity contribution >= 4 is 24.2 Å². The van der Waals surface area contributed by atoms with Crippen LogP contribution in [0.4, 0.5) is 19.2 Å². The summed E-state index contributed by atoms with van der Waals surface area (Å²) in [6, 6.07) is 52.8. The van der Waals surface area contributed by atoms with E-state index in [2.05, 4.69) is 160 Å². The van der Waals surface area contributed by atoms with E-state index >= 15 is 0 Å². The van der Waals surface area contributed by atoms with Crippen LogP contribution in [0.15, 0.2) is 152 Å². The summed E-state index contributed by atoms with van der Waals surface area (Å²) >= 11 is 0. The van der Waals surface area contributed by atoms with Crippen LogP contribution in [-0.2, 0) is 40.6 Å². The summed E-state index contributed by atoms with van der Waals surface area (Å²) in [5, 5.41) is 6.02. The Hall–Kier alpha value is -7.18. The number of nitrogens with two attached hydrogens (primary N) is 5. The zero-order valence-electron chi connectivity index (χ0n) is 69.8. The van der Waals surface area contributed by atoms with Crippen molar-refractivity contribution in [2.75, 3.05) is 180 Å². The van der Waals surface area contributed by atoms with Gasteiger partial charge >= 0.3 is 24.2 Å². The van der Waals surface area contributed by atoms with Crippen molar-refractivity contribution in [1.82, 2.24) is 49.8 Å². The van der Waals surface area contributed by atoms with Crippen LogP contribution in [-0.4, -0.2) is 254 Å². The smallest absolute Gasteiger partial charge is 0.410 e. The molecule has 0 bridgehead atoms. The molecule has 0 spiro atoms. The Balaban J connectivity index is 0.000000215. The second kappa shape index (κ2) is 45.5. The van der Waals surface area contributed by atoms with Gasteiger partial charge in [0.2, 0.25) is 0 Å². The number of likely N-dealkylation sites (tertiary alicyclic amines) is 5. The number of piperidine rings is 5. The first-order valence-corrected chi connectivity index (χ1v) is 40.8. The van der Waals surface area contributed by atoms with Crippen LogP contribution >= 0.6 is 0 Å². The lowest BCUT2D eigenvalue weighted by molar-refractivity contribution is 0.0107. The van der Waals surface area contributed by atoms with E-state index < -0.39 is 11.2 Å². The number of hydrogen-bond acceptors (Lipinski definition) is 15. The Kier molecular flexibility index (Phi) is 37.9. The highest BCUT2D eigenvalue weighted by Crippen LogP contribution is 2.39. The maximum absolute atomic E-state index is 12.3. The van der Waals surface area contributed by atoms with Gasteiger partial charge in [-0.25, -0.2) is 19.2 Å². The molecule has 0 aromatic heterocycles. The molecule has 5 aromatic carbocycles. The van der Waals surface area contributed by atoms with Crippen molar-refractivity contribution < 1.29 is 28.7 Å². The van der Waals surface area contributed by atoms with E-state index in [1.165, 1.54) is 60.3 Å². The van der Waals surface area contributed by atoms with Crippen molar-refractivity contribution in [3.05, 3.63) is 179 Å². The molecule has 6 amide bonds. The number of rotatable bonds is 24. The van der Waals surface area contributed by atoms with E-state index in [9.17, 15) is 19.2 Å². The maximum Gasteiger partial charge on any atom is 0.410 e. The van der Waals surface area contributed by atoms with Gasteiger partial charge in [0.1, 0.15) is 11.2 Å². The van der Waals surface area contributed by atoms with E-state index in [1.807, 2.05) is 121 Å². The number of ether oxygens (including phenoxy) is 2. The fourth-order valence-corrected chi connectivity index (χ4v) is 15.4. The van der Waals surface area contributed by atoms with E-state index in [4.69, 9.17) is 38.1 Å². The quantitative estimate of drug-likeness (QED) is 0.0283. The molecule has 5 heterocycles. The summed E-state index contributed by atoms with van der Waals surface area (Å²) in [6.07, 6.45) is 14.6. The molecule has 5 fully saturated rings. The Morgan fingerprint density at radius 2 is 0.645 bits per heavy atom. The molecule has 0 unspecified atom stereocenters.